The highest BCUT2D eigenvalue weighted by atomic mass is 15.2. The van der Waals surface area contributed by atoms with Crippen molar-refractivity contribution in [2.75, 3.05) is 0 Å². The van der Waals surface area contributed by atoms with Crippen molar-refractivity contribution in [2.24, 2.45) is 21.1 Å². The summed E-state index contributed by atoms with van der Waals surface area (Å²) in [4.78, 5) is 0. The first-order valence-corrected chi connectivity index (χ1v) is 12.5. The van der Waals surface area contributed by atoms with Crippen LogP contribution in [0.15, 0.2) is 79.1 Å². The average molecular weight is 465 g/mol. The molecule has 0 fully saturated rings. The van der Waals surface area contributed by atoms with Crippen molar-refractivity contribution in [3.05, 3.63) is 90.3 Å². The number of fused-ring (bicyclic) bond motifs is 1. The molecule has 0 saturated heterocycles. The Kier molecular flexibility index (Phi) is 5.84. The quantitative estimate of drug-likeness (QED) is 0.276. The molecule has 4 nitrogen and oxygen atoms in total. The van der Waals surface area contributed by atoms with Gasteiger partial charge in [0.1, 0.15) is 30.8 Å². The van der Waals surface area contributed by atoms with E-state index in [1.807, 2.05) is 0 Å². The molecule has 5 rings (SSSR count). The third kappa shape index (κ3) is 3.78. The Morgan fingerprint density at radius 1 is 0.743 bits per heavy atom. The molecular formula is C31H36N4+2. The number of rotatable bonds is 5. The second-order valence-electron chi connectivity index (χ2n) is 10.2. The van der Waals surface area contributed by atoms with Crippen LogP contribution in [0, 0.1) is 0 Å². The topological polar surface area (TPSA) is 17.6 Å². The van der Waals surface area contributed by atoms with Crippen molar-refractivity contribution in [2.45, 2.75) is 39.5 Å². The Balaban J connectivity index is 1.76. The van der Waals surface area contributed by atoms with E-state index in [9.17, 15) is 0 Å². The highest BCUT2D eigenvalue weighted by molar-refractivity contribution is 5.86. The van der Waals surface area contributed by atoms with Gasteiger partial charge >= 0.3 is 5.82 Å². The number of hydrogen-bond donors (Lipinski definition) is 0. The molecule has 178 valence electrons. The summed E-state index contributed by atoms with van der Waals surface area (Å²) < 4.78 is 9.25. The first-order chi connectivity index (χ1) is 16.8. The fourth-order valence-electron chi connectivity index (χ4n) is 5.35. The zero-order chi connectivity index (χ0) is 24.9. The molecule has 2 aromatic carbocycles. The lowest BCUT2D eigenvalue weighted by Crippen LogP contribution is -2.40. The van der Waals surface area contributed by atoms with Gasteiger partial charge in [-0.2, -0.15) is 9.13 Å². The van der Waals surface area contributed by atoms with E-state index in [4.69, 9.17) is 0 Å². The summed E-state index contributed by atoms with van der Waals surface area (Å²) >= 11 is 0. The molecule has 0 unspecified atom stereocenters. The number of para-hydroxylation sites is 2. The smallest absolute Gasteiger partial charge is 0.339 e. The van der Waals surface area contributed by atoms with Crippen molar-refractivity contribution in [1.29, 1.82) is 0 Å². The average Bonchev–Trinajstić information content (AvgIpc) is 3.38. The normalized spacial score (nSPS) is 11.8. The van der Waals surface area contributed by atoms with Gasteiger partial charge in [0.2, 0.25) is 5.69 Å². The van der Waals surface area contributed by atoms with Crippen LogP contribution in [-0.4, -0.2) is 9.13 Å². The van der Waals surface area contributed by atoms with Crippen LogP contribution in [0.25, 0.3) is 39.5 Å². The van der Waals surface area contributed by atoms with E-state index < -0.39 is 0 Å². The summed E-state index contributed by atoms with van der Waals surface area (Å²) in [7, 11) is 6.47. The number of aryl methyl sites for hydroxylation is 2. The van der Waals surface area contributed by atoms with Gasteiger partial charge in [-0.1, -0.05) is 64.1 Å². The molecule has 4 heteroatoms. The van der Waals surface area contributed by atoms with E-state index >= 15 is 0 Å². The molecule has 0 radical (unpaired) electrons. The zero-order valence-corrected chi connectivity index (χ0v) is 21.9. The molecule has 0 saturated carbocycles. The molecule has 35 heavy (non-hydrogen) atoms. The summed E-state index contributed by atoms with van der Waals surface area (Å²) in [5.74, 6) is 2.03. The van der Waals surface area contributed by atoms with Crippen LogP contribution >= 0.6 is 0 Å². The summed E-state index contributed by atoms with van der Waals surface area (Å²) in [6.45, 7) is 9.14. The molecule has 0 atom stereocenters. The maximum Gasteiger partial charge on any atom is 0.359 e. The molecule has 0 aliphatic heterocycles. The number of aromatic nitrogens is 4. The summed E-state index contributed by atoms with van der Waals surface area (Å²) in [6, 6.07) is 24.3. The Morgan fingerprint density at radius 2 is 1.37 bits per heavy atom. The number of nitrogens with zero attached hydrogens (tertiary/aromatic N) is 4. The van der Waals surface area contributed by atoms with Gasteiger partial charge in [0.05, 0.1) is 7.05 Å². The summed E-state index contributed by atoms with van der Waals surface area (Å²) in [5, 5.41) is 1.26. The van der Waals surface area contributed by atoms with Crippen LogP contribution < -0.4 is 9.13 Å². The molecule has 0 spiro atoms. The molecule has 0 aliphatic rings. The predicted octanol–water partition coefficient (Wildman–Crippen LogP) is 6.20. The van der Waals surface area contributed by atoms with Crippen LogP contribution in [0.1, 0.15) is 50.7 Å². The molecule has 3 aromatic heterocycles. The lowest BCUT2D eigenvalue weighted by molar-refractivity contribution is -0.685. The van der Waals surface area contributed by atoms with Crippen molar-refractivity contribution >= 4 is 10.9 Å². The SMILES string of the molecule is CC(C)c1cccc(C(C)C)c1-n1cc[n+](C)c1-c1cccc(-c2cc3ccccc3n2C)[n+]1C. The Hall–Kier alpha value is -3.66. The van der Waals surface area contributed by atoms with Crippen molar-refractivity contribution in [3.63, 3.8) is 0 Å². The second kappa shape index (κ2) is 8.84. The minimum atomic E-state index is 0.431. The molecule has 0 N–H and O–H groups in total. The van der Waals surface area contributed by atoms with Crippen LogP contribution in [-0.2, 0) is 21.1 Å². The number of pyridine rings is 1. The summed E-state index contributed by atoms with van der Waals surface area (Å²) in [6.07, 6.45) is 4.38. The Morgan fingerprint density at radius 3 is 2.03 bits per heavy atom. The van der Waals surface area contributed by atoms with Crippen LogP contribution in [0.2, 0.25) is 0 Å². The molecule has 0 aliphatic carbocycles. The third-order valence-corrected chi connectivity index (χ3v) is 7.26. The van der Waals surface area contributed by atoms with Gasteiger partial charge in [-0.05, 0) is 30.0 Å². The highest BCUT2D eigenvalue weighted by Crippen LogP contribution is 2.33. The number of benzene rings is 2. The molecule has 3 heterocycles. The lowest BCUT2D eigenvalue weighted by atomic mass is 9.92. The van der Waals surface area contributed by atoms with E-state index in [-0.39, 0.29) is 0 Å². The second-order valence-corrected chi connectivity index (χ2v) is 10.2. The van der Waals surface area contributed by atoms with Crippen molar-refractivity contribution < 1.29 is 9.13 Å². The molecule has 0 amide bonds. The van der Waals surface area contributed by atoms with Gasteiger partial charge in [0, 0.05) is 41.2 Å². The van der Waals surface area contributed by atoms with Crippen molar-refractivity contribution in [1.82, 2.24) is 9.13 Å². The number of imidazole rings is 1. The highest BCUT2D eigenvalue weighted by Gasteiger charge is 2.32. The van der Waals surface area contributed by atoms with Crippen LogP contribution in [0.4, 0.5) is 0 Å². The van der Waals surface area contributed by atoms with Crippen molar-refractivity contribution in [3.8, 4) is 28.6 Å². The monoisotopic (exact) mass is 464 g/mol. The van der Waals surface area contributed by atoms with Gasteiger partial charge in [0.15, 0.2) is 0 Å². The first kappa shape index (κ1) is 23.1. The van der Waals surface area contributed by atoms with Gasteiger partial charge < -0.3 is 4.57 Å². The van der Waals surface area contributed by atoms with Crippen LogP contribution in [0.3, 0.4) is 0 Å². The predicted molar refractivity (Wildman–Crippen MR) is 144 cm³/mol. The fourth-order valence-corrected chi connectivity index (χ4v) is 5.35. The summed E-state index contributed by atoms with van der Waals surface area (Å²) in [5.41, 5.74) is 8.88. The van der Waals surface area contributed by atoms with E-state index in [0.717, 1.165) is 0 Å². The fraction of sp³-hybridized carbons (Fsp3) is 0.290. The van der Waals surface area contributed by atoms with E-state index in [1.165, 1.54) is 50.6 Å². The maximum absolute atomic E-state index is 2.39. The minimum absolute atomic E-state index is 0.431. The van der Waals surface area contributed by atoms with E-state index in [2.05, 4.69) is 146 Å². The number of hydrogen-bond acceptors (Lipinski definition) is 0. The first-order valence-electron chi connectivity index (χ1n) is 12.5. The molecule has 5 aromatic rings. The Labute approximate surface area is 208 Å². The zero-order valence-electron chi connectivity index (χ0n) is 21.9. The maximum atomic E-state index is 2.39. The van der Waals surface area contributed by atoms with Gasteiger partial charge in [-0.15, -0.1) is 0 Å². The molecule has 0 bridgehead atoms. The molecular weight excluding hydrogens is 428 g/mol. The van der Waals surface area contributed by atoms with E-state index in [0.29, 0.717) is 11.8 Å². The minimum Gasteiger partial charge on any atom is -0.339 e. The van der Waals surface area contributed by atoms with E-state index in [1.54, 1.807) is 0 Å². The Bertz CT molecular complexity index is 1510. The lowest BCUT2D eigenvalue weighted by Gasteiger charge is -2.17. The largest absolute Gasteiger partial charge is 0.359 e. The third-order valence-electron chi connectivity index (χ3n) is 7.26. The van der Waals surface area contributed by atoms with Gasteiger partial charge in [-0.3, -0.25) is 0 Å². The standard InChI is InChI=1S/C31H36N4/c1-21(2)24-13-10-14-25(22(3)4)30(24)35-19-18-32(5)31(35)28-17-11-16-27(34(28)7)29-20-23-12-8-9-15-26(23)33(29)6/h8-22H,1-7H3/q+2. The van der Waals surface area contributed by atoms with Gasteiger partial charge in [-0.25, -0.2) is 4.57 Å². The van der Waals surface area contributed by atoms with Gasteiger partial charge in [0.25, 0.3) is 5.69 Å². The van der Waals surface area contributed by atoms with Crippen LogP contribution in [0.5, 0.6) is 0 Å².